The summed E-state index contributed by atoms with van der Waals surface area (Å²) in [5.41, 5.74) is 1.93. The van der Waals surface area contributed by atoms with Gasteiger partial charge in [-0.05, 0) is 36.9 Å². The van der Waals surface area contributed by atoms with Crippen molar-refractivity contribution in [2.24, 2.45) is 0 Å². The van der Waals surface area contributed by atoms with Gasteiger partial charge in [0.25, 0.3) is 0 Å². The maximum Gasteiger partial charge on any atom is 0.246 e. The summed E-state index contributed by atoms with van der Waals surface area (Å²) in [5.74, 6) is 0.0154. The highest BCUT2D eigenvalue weighted by Gasteiger charge is 2.13. The van der Waals surface area contributed by atoms with Gasteiger partial charge in [-0.15, -0.1) is 0 Å². The van der Waals surface area contributed by atoms with Gasteiger partial charge in [-0.1, -0.05) is 50.2 Å². The van der Waals surface area contributed by atoms with E-state index in [9.17, 15) is 4.79 Å². The van der Waals surface area contributed by atoms with Crippen molar-refractivity contribution in [3.05, 3.63) is 72.1 Å². The van der Waals surface area contributed by atoms with Gasteiger partial charge in [0.15, 0.2) is 0 Å². The van der Waals surface area contributed by atoms with Gasteiger partial charge in [-0.3, -0.25) is 9.78 Å². The van der Waals surface area contributed by atoms with E-state index in [1.165, 1.54) is 0 Å². The van der Waals surface area contributed by atoms with Gasteiger partial charge in [0.1, 0.15) is 0 Å². The van der Waals surface area contributed by atoms with Crippen LogP contribution in [-0.4, -0.2) is 46.9 Å². The second kappa shape index (κ2) is 10.4. The van der Waals surface area contributed by atoms with Gasteiger partial charge in [0.05, 0.1) is 12.2 Å². The molecule has 25 heavy (non-hydrogen) atoms. The van der Waals surface area contributed by atoms with Gasteiger partial charge in [0, 0.05) is 25.4 Å². The minimum absolute atomic E-state index is 0.0154. The van der Waals surface area contributed by atoms with E-state index in [-0.39, 0.29) is 5.91 Å². The molecule has 0 aliphatic rings. The molecule has 0 saturated carbocycles. The van der Waals surface area contributed by atoms with Crippen molar-refractivity contribution >= 4 is 12.0 Å². The van der Waals surface area contributed by atoms with Crippen LogP contribution >= 0.6 is 0 Å². The number of rotatable bonds is 9. The van der Waals surface area contributed by atoms with Crippen LogP contribution in [0.1, 0.15) is 25.1 Å². The van der Waals surface area contributed by atoms with Crippen LogP contribution < -0.4 is 0 Å². The number of hydrogen-bond donors (Lipinski definition) is 0. The fraction of sp³-hybridized carbons (Fsp3) is 0.333. The Morgan fingerprint density at radius 1 is 1.00 bits per heavy atom. The Morgan fingerprint density at radius 3 is 2.36 bits per heavy atom. The zero-order valence-electron chi connectivity index (χ0n) is 15.1. The highest BCUT2D eigenvalue weighted by Crippen LogP contribution is 2.06. The zero-order valence-corrected chi connectivity index (χ0v) is 15.1. The summed E-state index contributed by atoms with van der Waals surface area (Å²) in [7, 11) is 0. The number of carbonyl (C=O) groups is 1. The van der Waals surface area contributed by atoms with Crippen LogP contribution in [0.2, 0.25) is 0 Å². The average Bonchev–Trinajstić information content (AvgIpc) is 2.67. The molecule has 0 atom stereocenters. The standard InChI is InChI=1S/C21H27N3O/c1-3-23(4-2)16-17-24(18-20-12-8-9-15-22-20)21(25)14-13-19-10-6-5-7-11-19/h5-15H,3-4,16-18H2,1-2H3/b14-13+. The van der Waals surface area contributed by atoms with Crippen LogP contribution in [0.5, 0.6) is 0 Å². The van der Waals surface area contributed by atoms with Crippen molar-refractivity contribution in [2.45, 2.75) is 20.4 Å². The summed E-state index contributed by atoms with van der Waals surface area (Å²) in [6.07, 6.45) is 5.29. The second-order valence-electron chi connectivity index (χ2n) is 5.85. The molecule has 0 spiro atoms. The first-order chi connectivity index (χ1) is 12.2. The van der Waals surface area contributed by atoms with Crippen LogP contribution in [0, 0.1) is 0 Å². The first kappa shape index (κ1) is 18.9. The quantitative estimate of drug-likeness (QED) is 0.658. The Bertz CT molecular complexity index is 651. The molecule has 0 unspecified atom stereocenters. The highest BCUT2D eigenvalue weighted by atomic mass is 16.2. The number of benzene rings is 1. The Hall–Kier alpha value is -2.46. The van der Waals surface area contributed by atoms with Crippen molar-refractivity contribution in [2.75, 3.05) is 26.2 Å². The number of hydrogen-bond acceptors (Lipinski definition) is 3. The smallest absolute Gasteiger partial charge is 0.246 e. The summed E-state index contributed by atoms with van der Waals surface area (Å²) in [6, 6.07) is 15.7. The second-order valence-corrected chi connectivity index (χ2v) is 5.85. The van der Waals surface area contributed by atoms with Crippen molar-refractivity contribution in [3.8, 4) is 0 Å². The molecule has 0 saturated heterocycles. The number of aromatic nitrogens is 1. The minimum atomic E-state index is 0.0154. The van der Waals surface area contributed by atoms with Crippen molar-refractivity contribution in [1.82, 2.24) is 14.8 Å². The maximum absolute atomic E-state index is 12.7. The lowest BCUT2D eigenvalue weighted by Crippen LogP contribution is -2.37. The van der Waals surface area contributed by atoms with Crippen molar-refractivity contribution in [1.29, 1.82) is 0 Å². The molecule has 1 heterocycles. The summed E-state index contributed by atoms with van der Waals surface area (Å²) < 4.78 is 0. The third-order valence-corrected chi connectivity index (χ3v) is 4.19. The SMILES string of the molecule is CCN(CC)CCN(Cc1ccccn1)C(=O)/C=C/c1ccccc1. The Morgan fingerprint density at radius 2 is 1.72 bits per heavy atom. The zero-order chi connectivity index (χ0) is 17.9. The normalized spacial score (nSPS) is 11.2. The molecule has 2 rings (SSSR count). The molecule has 132 valence electrons. The van der Waals surface area contributed by atoms with E-state index in [1.807, 2.05) is 59.5 Å². The van der Waals surface area contributed by atoms with Gasteiger partial charge in [-0.25, -0.2) is 0 Å². The lowest BCUT2D eigenvalue weighted by Gasteiger charge is -2.25. The monoisotopic (exact) mass is 337 g/mol. The molecule has 0 aliphatic carbocycles. The molecule has 4 heteroatoms. The molecule has 1 aromatic carbocycles. The Labute approximate surface area is 150 Å². The first-order valence-corrected chi connectivity index (χ1v) is 8.87. The molecule has 0 fully saturated rings. The largest absolute Gasteiger partial charge is 0.332 e. The van der Waals surface area contributed by atoms with Gasteiger partial charge < -0.3 is 9.80 Å². The Balaban J connectivity index is 2.06. The lowest BCUT2D eigenvalue weighted by atomic mass is 10.2. The molecule has 4 nitrogen and oxygen atoms in total. The lowest BCUT2D eigenvalue weighted by molar-refractivity contribution is -0.126. The predicted octanol–water partition coefficient (Wildman–Crippen LogP) is 3.47. The molecule has 0 bridgehead atoms. The van der Waals surface area contributed by atoms with E-state index in [2.05, 4.69) is 23.7 Å². The van der Waals surface area contributed by atoms with E-state index in [0.717, 1.165) is 30.9 Å². The third kappa shape index (κ3) is 6.51. The molecule has 0 radical (unpaired) electrons. The molecular formula is C21H27N3O. The van der Waals surface area contributed by atoms with E-state index >= 15 is 0 Å². The van der Waals surface area contributed by atoms with E-state index in [0.29, 0.717) is 13.1 Å². The fourth-order valence-corrected chi connectivity index (χ4v) is 2.59. The molecule has 2 aromatic rings. The number of pyridine rings is 1. The van der Waals surface area contributed by atoms with E-state index < -0.39 is 0 Å². The fourth-order valence-electron chi connectivity index (χ4n) is 2.59. The van der Waals surface area contributed by atoms with Crippen molar-refractivity contribution < 1.29 is 4.79 Å². The Kier molecular flexibility index (Phi) is 7.86. The molecular weight excluding hydrogens is 310 g/mol. The molecule has 1 amide bonds. The topological polar surface area (TPSA) is 36.4 Å². The summed E-state index contributed by atoms with van der Waals surface area (Å²) in [5, 5.41) is 0. The number of nitrogens with zero attached hydrogens (tertiary/aromatic N) is 3. The van der Waals surface area contributed by atoms with Crippen LogP contribution in [0.4, 0.5) is 0 Å². The van der Waals surface area contributed by atoms with Crippen molar-refractivity contribution in [3.63, 3.8) is 0 Å². The number of carbonyl (C=O) groups excluding carboxylic acids is 1. The summed E-state index contributed by atoms with van der Waals surface area (Å²) in [4.78, 5) is 21.2. The average molecular weight is 337 g/mol. The molecule has 1 aromatic heterocycles. The predicted molar refractivity (Wildman–Crippen MR) is 103 cm³/mol. The highest BCUT2D eigenvalue weighted by molar-refractivity contribution is 5.91. The summed E-state index contributed by atoms with van der Waals surface area (Å²) >= 11 is 0. The number of amides is 1. The van der Waals surface area contributed by atoms with Gasteiger partial charge in [0.2, 0.25) is 5.91 Å². The first-order valence-electron chi connectivity index (χ1n) is 8.87. The van der Waals surface area contributed by atoms with E-state index in [1.54, 1.807) is 12.3 Å². The summed E-state index contributed by atoms with van der Waals surface area (Å²) in [6.45, 7) is 8.35. The van der Waals surface area contributed by atoms with Crippen LogP contribution in [0.15, 0.2) is 60.8 Å². The van der Waals surface area contributed by atoms with Crippen LogP contribution in [0.3, 0.4) is 0 Å². The van der Waals surface area contributed by atoms with Crippen LogP contribution in [0.25, 0.3) is 6.08 Å². The maximum atomic E-state index is 12.7. The van der Waals surface area contributed by atoms with Gasteiger partial charge >= 0.3 is 0 Å². The molecule has 0 N–H and O–H groups in total. The van der Waals surface area contributed by atoms with E-state index in [4.69, 9.17) is 0 Å². The third-order valence-electron chi connectivity index (χ3n) is 4.19. The van der Waals surface area contributed by atoms with Crippen LogP contribution in [-0.2, 0) is 11.3 Å². The van der Waals surface area contributed by atoms with Gasteiger partial charge in [-0.2, -0.15) is 0 Å². The number of likely N-dealkylation sites (N-methyl/N-ethyl adjacent to an activating group) is 1. The minimum Gasteiger partial charge on any atom is -0.332 e. The molecule has 0 aliphatic heterocycles.